The highest BCUT2D eigenvalue weighted by molar-refractivity contribution is 8.00. The number of hydrogen-bond acceptors (Lipinski definition) is 4. The molecule has 0 aliphatic carbocycles. The predicted octanol–water partition coefficient (Wildman–Crippen LogP) is 3.23. The van der Waals surface area contributed by atoms with Gasteiger partial charge in [-0.1, -0.05) is 27.7 Å². The summed E-state index contributed by atoms with van der Waals surface area (Å²) in [6.07, 6.45) is 7.74. The molecule has 0 saturated carbocycles. The third-order valence-electron chi connectivity index (χ3n) is 3.78. The van der Waals surface area contributed by atoms with Crippen molar-refractivity contribution in [2.45, 2.75) is 51.8 Å². The molecule has 0 spiro atoms. The molecule has 0 fully saturated rings. The summed E-state index contributed by atoms with van der Waals surface area (Å²) in [4.78, 5) is 16.5. The van der Waals surface area contributed by atoms with Gasteiger partial charge in [-0.15, -0.1) is 0 Å². The molecule has 0 aromatic carbocycles. The Balaban J connectivity index is 2.86. The van der Waals surface area contributed by atoms with Crippen LogP contribution in [0.25, 0.3) is 0 Å². The molecule has 20 heavy (non-hydrogen) atoms. The lowest BCUT2D eigenvalue weighted by Gasteiger charge is -2.29. The van der Waals surface area contributed by atoms with Crippen LogP contribution >= 0.6 is 11.8 Å². The van der Waals surface area contributed by atoms with Crippen molar-refractivity contribution < 1.29 is 0 Å². The quantitative estimate of drug-likeness (QED) is 0.800. The van der Waals surface area contributed by atoms with Crippen LogP contribution in [0, 0.1) is 5.92 Å². The van der Waals surface area contributed by atoms with Gasteiger partial charge in [0.2, 0.25) is 0 Å². The minimum absolute atomic E-state index is 0.0246. The number of rotatable bonds is 8. The third kappa shape index (κ3) is 4.27. The van der Waals surface area contributed by atoms with Gasteiger partial charge in [0.05, 0.1) is 0 Å². The lowest BCUT2D eigenvalue weighted by atomic mass is 10.0. The second kappa shape index (κ2) is 7.72. The maximum atomic E-state index is 12.3. The fourth-order valence-electron chi connectivity index (χ4n) is 2.21. The van der Waals surface area contributed by atoms with Gasteiger partial charge in [0.1, 0.15) is 0 Å². The van der Waals surface area contributed by atoms with Gasteiger partial charge in [-0.05, 0) is 25.0 Å². The second-order valence-corrected chi connectivity index (χ2v) is 6.85. The molecule has 4 nitrogen and oxygen atoms in total. The monoisotopic (exact) mass is 297 g/mol. The number of aromatic nitrogens is 2. The Morgan fingerprint density at radius 2 is 2.05 bits per heavy atom. The summed E-state index contributed by atoms with van der Waals surface area (Å²) in [6.45, 7) is 10.1. The maximum absolute atomic E-state index is 12.3. The van der Waals surface area contributed by atoms with Crippen LogP contribution < -0.4 is 10.9 Å². The van der Waals surface area contributed by atoms with E-state index in [1.165, 1.54) is 0 Å². The third-order valence-corrected chi connectivity index (χ3v) is 5.36. The van der Waals surface area contributed by atoms with E-state index in [0.29, 0.717) is 11.7 Å². The smallest absolute Gasteiger partial charge is 0.293 e. The van der Waals surface area contributed by atoms with Crippen molar-refractivity contribution in [3.05, 3.63) is 22.7 Å². The summed E-state index contributed by atoms with van der Waals surface area (Å²) in [5, 5.41) is 3.25. The molecule has 1 aromatic rings. The lowest BCUT2D eigenvalue weighted by molar-refractivity contribution is 0.509. The van der Waals surface area contributed by atoms with Crippen LogP contribution in [0.3, 0.4) is 0 Å². The van der Waals surface area contributed by atoms with E-state index in [4.69, 9.17) is 0 Å². The van der Waals surface area contributed by atoms with Crippen molar-refractivity contribution in [2.24, 2.45) is 5.92 Å². The molecule has 114 valence electrons. The standard InChI is InChI=1S/C15H27N3OS/c1-6-15(7-2,20-5)11-17-13-14(19)18(9-8-16-13)10-12(3)4/h8-9,12H,6-7,10-11H2,1-5H3,(H,16,17). The van der Waals surface area contributed by atoms with Crippen LogP contribution in [-0.2, 0) is 6.54 Å². The first-order chi connectivity index (χ1) is 9.48. The highest BCUT2D eigenvalue weighted by Crippen LogP contribution is 2.30. The molecule has 0 aliphatic heterocycles. The van der Waals surface area contributed by atoms with Crippen molar-refractivity contribution in [3.63, 3.8) is 0 Å². The van der Waals surface area contributed by atoms with Gasteiger partial charge in [0.15, 0.2) is 5.82 Å². The molecule has 5 heteroatoms. The Bertz CT molecular complexity index is 458. The van der Waals surface area contributed by atoms with E-state index in [1.807, 2.05) is 11.8 Å². The summed E-state index contributed by atoms with van der Waals surface area (Å²) >= 11 is 1.86. The largest absolute Gasteiger partial charge is 0.364 e. The molecule has 1 aromatic heterocycles. The molecule has 0 radical (unpaired) electrons. The highest BCUT2D eigenvalue weighted by Gasteiger charge is 2.25. The summed E-state index contributed by atoms with van der Waals surface area (Å²) in [7, 11) is 0. The van der Waals surface area contributed by atoms with Crippen molar-refractivity contribution in [1.82, 2.24) is 9.55 Å². The van der Waals surface area contributed by atoms with Crippen LogP contribution in [0.4, 0.5) is 5.82 Å². The summed E-state index contributed by atoms with van der Waals surface area (Å²) in [6, 6.07) is 0. The Kier molecular flexibility index (Phi) is 6.59. The van der Waals surface area contributed by atoms with E-state index in [1.54, 1.807) is 17.0 Å². The molecule has 1 rings (SSSR count). The molecule has 0 saturated heterocycles. The number of nitrogens with zero attached hydrogens (tertiary/aromatic N) is 2. The second-order valence-electron chi connectivity index (χ2n) is 5.58. The van der Waals surface area contributed by atoms with Crippen molar-refractivity contribution in [1.29, 1.82) is 0 Å². The van der Waals surface area contributed by atoms with Gasteiger partial charge >= 0.3 is 0 Å². The van der Waals surface area contributed by atoms with Crippen LogP contribution in [0.1, 0.15) is 40.5 Å². The van der Waals surface area contributed by atoms with Crippen molar-refractivity contribution in [2.75, 3.05) is 18.1 Å². The van der Waals surface area contributed by atoms with Gasteiger partial charge in [-0.25, -0.2) is 4.98 Å². The van der Waals surface area contributed by atoms with Crippen LogP contribution in [-0.4, -0.2) is 27.1 Å². The zero-order chi connectivity index (χ0) is 15.2. The first-order valence-corrected chi connectivity index (χ1v) is 8.55. The molecular weight excluding hydrogens is 270 g/mol. The van der Waals surface area contributed by atoms with Gasteiger partial charge in [-0.2, -0.15) is 11.8 Å². The van der Waals surface area contributed by atoms with Gasteiger partial charge in [-0.3, -0.25) is 4.79 Å². The topological polar surface area (TPSA) is 46.9 Å². The fraction of sp³-hybridized carbons (Fsp3) is 0.733. The van der Waals surface area contributed by atoms with Crippen molar-refractivity contribution >= 4 is 17.6 Å². The van der Waals surface area contributed by atoms with E-state index in [-0.39, 0.29) is 10.3 Å². The van der Waals surface area contributed by atoms with Crippen LogP contribution in [0.5, 0.6) is 0 Å². The van der Waals surface area contributed by atoms with E-state index in [0.717, 1.165) is 25.9 Å². The number of thioether (sulfide) groups is 1. The molecule has 1 N–H and O–H groups in total. The summed E-state index contributed by atoms with van der Waals surface area (Å²) in [5.74, 6) is 0.910. The highest BCUT2D eigenvalue weighted by atomic mass is 32.2. The zero-order valence-corrected chi connectivity index (χ0v) is 14.1. The van der Waals surface area contributed by atoms with Gasteiger partial charge < -0.3 is 9.88 Å². The average molecular weight is 297 g/mol. The Morgan fingerprint density at radius 1 is 1.40 bits per heavy atom. The Morgan fingerprint density at radius 3 is 2.55 bits per heavy atom. The number of anilines is 1. The van der Waals surface area contributed by atoms with Gasteiger partial charge in [0, 0.05) is 30.2 Å². The molecule has 0 amide bonds. The average Bonchev–Trinajstić information content (AvgIpc) is 2.44. The van der Waals surface area contributed by atoms with Crippen LogP contribution in [0.2, 0.25) is 0 Å². The minimum Gasteiger partial charge on any atom is -0.364 e. The first-order valence-electron chi connectivity index (χ1n) is 7.32. The fourth-order valence-corrected chi connectivity index (χ4v) is 3.01. The molecule has 1 heterocycles. The normalized spacial score (nSPS) is 11.9. The molecular formula is C15H27N3OS. The Hall–Kier alpha value is -0.970. The lowest BCUT2D eigenvalue weighted by Crippen LogP contribution is -2.35. The predicted molar refractivity (Wildman–Crippen MR) is 88.7 cm³/mol. The maximum Gasteiger partial charge on any atom is 0.293 e. The van der Waals surface area contributed by atoms with E-state index in [2.05, 4.69) is 44.3 Å². The molecule has 0 unspecified atom stereocenters. The summed E-state index contributed by atoms with van der Waals surface area (Å²) in [5.41, 5.74) is -0.0246. The van der Waals surface area contributed by atoms with Crippen molar-refractivity contribution in [3.8, 4) is 0 Å². The van der Waals surface area contributed by atoms with Crippen LogP contribution in [0.15, 0.2) is 17.2 Å². The van der Waals surface area contributed by atoms with E-state index in [9.17, 15) is 4.79 Å². The molecule has 0 aliphatic rings. The zero-order valence-electron chi connectivity index (χ0n) is 13.3. The van der Waals surface area contributed by atoms with E-state index < -0.39 is 0 Å². The SMILES string of the molecule is CCC(CC)(CNc1nccn(CC(C)C)c1=O)SC. The summed E-state index contributed by atoms with van der Waals surface area (Å²) < 4.78 is 1.91. The van der Waals surface area contributed by atoms with E-state index >= 15 is 0 Å². The minimum atomic E-state index is -0.0246. The number of nitrogens with one attached hydrogen (secondary N) is 1. The molecule has 0 atom stereocenters. The van der Waals surface area contributed by atoms with Gasteiger partial charge in [0.25, 0.3) is 5.56 Å². The molecule has 0 bridgehead atoms. The Labute approximate surface area is 126 Å². The number of hydrogen-bond donors (Lipinski definition) is 1. The first kappa shape index (κ1) is 17.1.